The Morgan fingerprint density at radius 1 is 1.21 bits per heavy atom. The summed E-state index contributed by atoms with van der Waals surface area (Å²) < 4.78 is 10.3. The monoisotopic (exact) mass is 276 g/mol. The van der Waals surface area contributed by atoms with Gasteiger partial charge in [0.2, 0.25) is 5.82 Å². The van der Waals surface area contributed by atoms with Crippen LogP contribution in [0.4, 0.5) is 0 Å². The van der Waals surface area contributed by atoms with Crippen LogP contribution in [0, 0.1) is 6.92 Å². The summed E-state index contributed by atoms with van der Waals surface area (Å²) in [4.78, 5) is 4.23. The molecule has 0 spiro atoms. The van der Waals surface area contributed by atoms with Crippen LogP contribution in [-0.4, -0.2) is 15.2 Å². The van der Waals surface area contributed by atoms with Crippen LogP contribution in [0.15, 0.2) is 39.5 Å². The van der Waals surface area contributed by atoms with E-state index in [-0.39, 0.29) is 11.6 Å². The van der Waals surface area contributed by atoms with E-state index in [2.05, 4.69) is 10.1 Å². The second-order valence-corrected chi connectivity index (χ2v) is 4.41. The highest BCUT2D eigenvalue weighted by Crippen LogP contribution is 2.32. The van der Waals surface area contributed by atoms with Crippen molar-refractivity contribution in [1.82, 2.24) is 10.1 Å². The lowest BCUT2D eigenvalue weighted by atomic mass is 10.2. The van der Waals surface area contributed by atoms with Crippen LogP contribution in [0.25, 0.3) is 22.8 Å². The van der Waals surface area contributed by atoms with Gasteiger partial charge in [-0.1, -0.05) is 16.8 Å². The third-order valence-electron chi connectivity index (χ3n) is 2.72. The molecule has 0 saturated carbocycles. The lowest BCUT2D eigenvalue weighted by Crippen LogP contribution is -1.82. The van der Waals surface area contributed by atoms with Crippen LogP contribution in [-0.2, 0) is 0 Å². The molecule has 0 aliphatic carbocycles. The van der Waals surface area contributed by atoms with Gasteiger partial charge in [0.05, 0.1) is 17.4 Å². The van der Waals surface area contributed by atoms with Crippen molar-refractivity contribution in [2.24, 2.45) is 0 Å². The van der Waals surface area contributed by atoms with Crippen LogP contribution < -0.4 is 0 Å². The Hall–Kier alpha value is -2.27. The zero-order valence-electron chi connectivity index (χ0n) is 9.92. The van der Waals surface area contributed by atoms with E-state index >= 15 is 0 Å². The van der Waals surface area contributed by atoms with Gasteiger partial charge >= 0.3 is 0 Å². The highest BCUT2D eigenvalue weighted by molar-refractivity contribution is 6.30. The van der Waals surface area contributed by atoms with Crippen molar-refractivity contribution in [2.45, 2.75) is 6.92 Å². The molecule has 1 N–H and O–H groups in total. The number of furan rings is 1. The SMILES string of the molecule is Cc1occc1-c1noc(-c2ccc(Cl)cc2O)n1. The predicted octanol–water partition coefficient (Wildman–Crippen LogP) is 3.66. The molecule has 19 heavy (non-hydrogen) atoms. The van der Waals surface area contributed by atoms with Crippen LogP contribution >= 0.6 is 11.6 Å². The van der Waals surface area contributed by atoms with Crippen molar-refractivity contribution >= 4 is 11.6 Å². The Morgan fingerprint density at radius 2 is 2.05 bits per heavy atom. The van der Waals surface area contributed by atoms with Gasteiger partial charge in [-0.15, -0.1) is 0 Å². The lowest BCUT2D eigenvalue weighted by molar-refractivity contribution is 0.425. The summed E-state index contributed by atoms with van der Waals surface area (Å²) in [7, 11) is 0. The minimum atomic E-state index is -0.00776. The molecule has 0 fully saturated rings. The average molecular weight is 277 g/mol. The van der Waals surface area contributed by atoms with Crippen LogP contribution in [0.1, 0.15) is 5.76 Å². The quantitative estimate of drug-likeness (QED) is 0.773. The number of nitrogens with zero attached hydrogens (tertiary/aromatic N) is 2. The van der Waals surface area contributed by atoms with E-state index in [1.54, 1.807) is 24.5 Å². The summed E-state index contributed by atoms with van der Waals surface area (Å²) in [6.45, 7) is 1.81. The number of phenolic OH excluding ortho intramolecular Hbond substituents is 1. The van der Waals surface area contributed by atoms with E-state index in [4.69, 9.17) is 20.5 Å². The molecule has 1 aromatic carbocycles. The number of aryl methyl sites for hydroxylation is 1. The zero-order chi connectivity index (χ0) is 13.4. The minimum Gasteiger partial charge on any atom is -0.507 e. The number of aromatic nitrogens is 2. The number of benzene rings is 1. The van der Waals surface area contributed by atoms with Crippen molar-refractivity contribution < 1.29 is 14.0 Å². The topological polar surface area (TPSA) is 72.3 Å². The smallest absolute Gasteiger partial charge is 0.262 e. The molecule has 5 nitrogen and oxygen atoms in total. The molecule has 0 atom stereocenters. The summed E-state index contributed by atoms with van der Waals surface area (Å²) in [5.74, 6) is 1.33. The first kappa shape index (κ1) is 11.8. The van der Waals surface area contributed by atoms with E-state index in [0.717, 1.165) is 5.56 Å². The maximum Gasteiger partial charge on any atom is 0.262 e. The Balaban J connectivity index is 2.04. The summed E-state index contributed by atoms with van der Waals surface area (Å²) >= 11 is 5.77. The second kappa shape index (κ2) is 4.44. The third-order valence-corrected chi connectivity index (χ3v) is 2.95. The standard InChI is InChI=1S/C13H9ClN2O3/c1-7-9(4-5-18-7)12-15-13(19-16-12)10-3-2-8(14)6-11(10)17/h2-6,17H,1H3. The van der Waals surface area contributed by atoms with Crippen molar-refractivity contribution in [3.63, 3.8) is 0 Å². The highest BCUT2D eigenvalue weighted by atomic mass is 35.5. The number of hydrogen-bond acceptors (Lipinski definition) is 5. The Morgan fingerprint density at radius 3 is 2.74 bits per heavy atom. The summed E-state index contributed by atoms with van der Waals surface area (Å²) in [5.41, 5.74) is 1.19. The van der Waals surface area contributed by atoms with Crippen molar-refractivity contribution in [2.75, 3.05) is 0 Å². The summed E-state index contributed by atoms with van der Waals surface area (Å²) in [5, 5.41) is 14.1. The molecule has 2 aromatic heterocycles. The normalized spacial score (nSPS) is 10.8. The van der Waals surface area contributed by atoms with E-state index < -0.39 is 0 Å². The molecule has 96 valence electrons. The molecule has 6 heteroatoms. The molecular formula is C13H9ClN2O3. The fourth-order valence-corrected chi connectivity index (χ4v) is 1.91. The molecule has 0 aliphatic heterocycles. The molecule has 3 aromatic rings. The molecule has 0 aliphatic rings. The van der Waals surface area contributed by atoms with Crippen LogP contribution in [0.3, 0.4) is 0 Å². The average Bonchev–Trinajstić information content (AvgIpc) is 2.97. The van der Waals surface area contributed by atoms with E-state index in [9.17, 15) is 5.11 Å². The van der Waals surface area contributed by atoms with Crippen molar-refractivity contribution in [3.8, 4) is 28.6 Å². The van der Waals surface area contributed by atoms with Gasteiger partial charge in [-0.3, -0.25) is 0 Å². The van der Waals surface area contributed by atoms with Gasteiger partial charge in [0, 0.05) is 5.02 Å². The zero-order valence-corrected chi connectivity index (χ0v) is 10.7. The van der Waals surface area contributed by atoms with E-state index in [1.807, 2.05) is 6.92 Å². The van der Waals surface area contributed by atoms with Crippen LogP contribution in [0.2, 0.25) is 5.02 Å². The highest BCUT2D eigenvalue weighted by Gasteiger charge is 2.16. The van der Waals surface area contributed by atoms with Gasteiger partial charge in [0.15, 0.2) is 0 Å². The Kier molecular flexibility index (Phi) is 2.76. The van der Waals surface area contributed by atoms with Gasteiger partial charge in [0.25, 0.3) is 5.89 Å². The van der Waals surface area contributed by atoms with Crippen molar-refractivity contribution in [3.05, 3.63) is 41.3 Å². The maximum absolute atomic E-state index is 9.81. The Labute approximate surface area is 113 Å². The van der Waals surface area contributed by atoms with Crippen molar-refractivity contribution in [1.29, 1.82) is 0 Å². The largest absolute Gasteiger partial charge is 0.507 e. The molecular weight excluding hydrogens is 268 g/mol. The number of phenols is 1. The Bertz CT molecular complexity index is 733. The molecule has 2 heterocycles. The summed E-state index contributed by atoms with van der Waals surface area (Å²) in [6, 6.07) is 6.44. The van der Waals surface area contributed by atoms with Gasteiger partial charge in [-0.05, 0) is 31.2 Å². The van der Waals surface area contributed by atoms with Gasteiger partial charge < -0.3 is 14.0 Å². The number of halogens is 1. The number of hydrogen-bond donors (Lipinski definition) is 1. The minimum absolute atomic E-state index is 0.00776. The fraction of sp³-hybridized carbons (Fsp3) is 0.0769. The van der Waals surface area contributed by atoms with E-state index in [0.29, 0.717) is 22.2 Å². The molecule has 0 saturated heterocycles. The molecule has 0 bridgehead atoms. The molecule has 0 radical (unpaired) electrons. The first-order chi connectivity index (χ1) is 9.15. The van der Waals surface area contributed by atoms with Gasteiger partial charge in [-0.25, -0.2) is 0 Å². The third kappa shape index (κ3) is 2.08. The predicted molar refractivity (Wildman–Crippen MR) is 68.8 cm³/mol. The first-order valence-corrected chi connectivity index (χ1v) is 5.90. The molecule has 3 rings (SSSR count). The second-order valence-electron chi connectivity index (χ2n) is 3.98. The molecule has 0 amide bonds. The summed E-state index contributed by atoms with van der Waals surface area (Å²) in [6.07, 6.45) is 1.56. The van der Waals surface area contributed by atoms with Gasteiger partial charge in [0.1, 0.15) is 11.5 Å². The van der Waals surface area contributed by atoms with E-state index in [1.165, 1.54) is 6.07 Å². The first-order valence-electron chi connectivity index (χ1n) is 5.52. The fourth-order valence-electron chi connectivity index (χ4n) is 1.74. The number of rotatable bonds is 2. The van der Waals surface area contributed by atoms with Crippen LogP contribution in [0.5, 0.6) is 5.75 Å². The lowest BCUT2D eigenvalue weighted by Gasteiger charge is -1.98. The maximum atomic E-state index is 9.81. The van der Waals surface area contributed by atoms with Gasteiger partial charge in [-0.2, -0.15) is 4.98 Å². The number of aromatic hydroxyl groups is 1. The molecule has 0 unspecified atom stereocenters.